The molecule has 0 unspecified atom stereocenters. The summed E-state index contributed by atoms with van der Waals surface area (Å²) in [4.78, 5) is 0. The van der Waals surface area contributed by atoms with Crippen LogP contribution in [-0.2, 0) is 0 Å². The van der Waals surface area contributed by atoms with Crippen LogP contribution in [0.1, 0.15) is 19.3 Å². The first-order valence-corrected chi connectivity index (χ1v) is 4.06. The number of hydrogen-bond acceptors (Lipinski definition) is 2. The lowest BCUT2D eigenvalue weighted by atomic mass is 9.96. The first kappa shape index (κ1) is 8.48. The summed E-state index contributed by atoms with van der Waals surface area (Å²) in [5, 5.41) is 11.5. The number of hydrogen-bond donors (Lipinski definition) is 1. The largest absolute Gasteiger partial charge is 0.317 e. The molecule has 3 heteroatoms. The summed E-state index contributed by atoms with van der Waals surface area (Å²) in [5.41, 5.74) is 0. The van der Waals surface area contributed by atoms with Crippen LogP contribution in [-0.4, -0.2) is 19.3 Å². The summed E-state index contributed by atoms with van der Waals surface area (Å²) in [6.45, 7) is 1.61. The van der Waals surface area contributed by atoms with Crippen molar-refractivity contribution in [2.75, 3.05) is 13.1 Å². The van der Waals surface area contributed by atoms with Crippen LogP contribution in [0.4, 0.5) is 4.39 Å². The van der Waals surface area contributed by atoms with Crippen LogP contribution in [0, 0.1) is 17.2 Å². The summed E-state index contributed by atoms with van der Waals surface area (Å²) in [6, 6.07) is 2.03. The van der Waals surface area contributed by atoms with Crippen LogP contribution in [0.15, 0.2) is 0 Å². The van der Waals surface area contributed by atoms with Crippen LogP contribution in [0.5, 0.6) is 0 Å². The van der Waals surface area contributed by atoms with Crippen molar-refractivity contribution in [2.45, 2.75) is 25.4 Å². The van der Waals surface area contributed by atoms with Crippen molar-refractivity contribution >= 4 is 0 Å². The second-order valence-corrected chi connectivity index (χ2v) is 2.97. The van der Waals surface area contributed by atoms with Gasteiger partial charge in [-0.05, 0) is 25.9 Å². The third-order valence-corrected chi connectivity index (χ3v) is 2.15. The topological polar surface area (TPSA) is 35.8 Å². The highest BCUT2D eigenvalue weighted by Gasteiger charge is 2.22. The molecule has 0 radical (unpaired) electrons. The van der Waals surface area contributed by atoms with Crippen molar-refractivity contribution < 1.29 is 4.39 Å². The van der Waals surface area contributed by atoms with Gasteiger partial charge in [0.25, 0.3) is 0 Å². The highest BCUT2D eigenvalue weighted by atomic mass is 19.1. The van der Waals surface area contributed by atoms with E-state index in [0.717, 1.165) is 19.5 Å². The van der Waals surface area contributed by atoms with E-state index in [-0.39, 0.29) is 5.92 Å². The number of alkyl halides is 1. The minimum Gasteiger partial charge on any atom is -0.317 e. The second-order valence-electron chi connectivity index (χ2n) is 2.97. The van der Waals surface area contributed by atoms with Gasteiger partial charge in [-0.2, -0.15) is 5.26 Å². The maximum absolute atomic E-state index is 13.1. The Bertz CT molecular complexity index is 153. The van der Waals surface area contributed by atoms with E-state index in [0.29, 0.717) is 12.8 Å². The van der Waals surface area contributed by atoms with Crippen LogP contribution in [0.2, 0.25) is 0 Å². The number of nitriles is 1. The molecule has 62 valence electrons. The molecule has 1 saturated heterocycles. The smallest absolute Gasteiger partial charge is 0.105 e. The number of halogens is 1. The lowest BCUT2D eigenvalue weighted by Crippen LogP contribution is -2.14. The van der Waals surface area contributed by atoms with E-state index in [1.54, 1.807) is 0 Å². The molecule has 0 spiro atoms. The van der Waals surface area contributed by atoms with Crippen molar-refractivity contribution in [3.63, 3.8) is 0 Å². The Morgan fingerprint density at radius 1 is 1.45 bits per heavy atom. The summed E-state index contributed by atoms with van der Waals surface area (Å²) in [6.07, 6.45) is 0.953. The molecule has 1 aliphatic rings. The van der Waals surface area contributed by atoms with E-state index in [4.69, 9.17) is 5.26 Å². The maximum Gasteiger partial charge on any atom is 0.105 e. The Labute approximate surface area is 66.4 Å². The number of nitrogens with zero attached hydrogens (tertiary/aromatic N) is 1. The lowest BCUT2D eigenvalue weighted by Gasteiger charge is -2.13. The van der Waals surface area contributed by atoms with Gasteiger partial charge in [-0.1, -0.05) is 0 Å². The van der Waals surface area contributed by atoms with Crippen LogP contribution >= 0.6 is 0 Å². The van der Waals surface area contributed by atoms with E-state index < -0.39 is 6.17 Å². The SMILES string of the molecule is N#CC[C@@H]1CCNCC[C@H]1F. The molecule has 1 rings (SSSR count). The van der Waals surface area contributed by atoms with Gasteiger partial charge in [-0.15, -0.1) is 0 Å². The molecule has 1 heterocycles. The summed E-state index contributed by atoms with van der Waals surface area (Å²) >= 11 is 0. The molecule has 0 amide bonds. The van der Waals surface area contributed by atoms with Crippen LogP contribution in [0.3, 0.4) is 0 Å². The van der Waals surface area contributed by atoms with Crippen LogP contribution in [0.25, 0.3) is 0 Å². The zero-order chi connectivity index (χ0) is 8.10. The van der Waals surface area contributed by atoms with Gasteiger partial charge < -0.3 is 5.32 Å². The molecule has 11 heavy (non-hydrogen) atoms. The molecule has 0 bridgehead atoms. The van der Waals surface area contributed by atoms with Gasteiger partial charge in [0.2, 0.25) is 0 Å². The van der Waals surface area contributed by atoms with Crippen molar-refractivity contribution in [3.05, 3.63) is 0 Å². The fraction of sp³-hybridized carbons (Fsp3) is 0.875. The standard InChI is InChI=1S/C8H13FN2/c9-8-3-6-11-5-2-7(8)1-4-10/h7-8,11H,1-3,5-6H2/t7-,8-/m1/s1. The quantitative estimate of drug-likeness (QED) is 0.620. The van der Waals surface area contributed by atoms with Gasteiger partial charge >= 0.3 is 0 Å². The molecule has 0 aromatic carbocycles. The molecule has 0 saturated carbocycles. The number of rotatable bonds is 1. The molecule has 0 aromatic rings. The average molecular weight is 156 g/mol. The predicted octanol–water partition coefficient (Wildman–Crippen LogP) is 1.24. The number of nitrogens with one attached hydrogen (secondary N) is 1. The van der Waals surface area contributed by atoms with Gasteiger partial charge in [0.05, 0.1) is 6.07 Å². The molecule has 1 N–H and O–H groups in total. The Morgan fingerprint density at radius 2 is 2.18 bits per heavy atom. The van der Waals surface area contributed by atoms with Gasteiger partial charge in [-0.25, -0.2) is 4.39 Å². The van der Waals surface area contributed by atoms with Crippen molar-refractivity contribution in [1.82, 2.24) is 5.32 Å². The van der Waals surface area contributed by atoms with Crippen molar-refractivity contribution in [2.24, 2.45) is 5.92 Å². The Morgan fingerprint density at radius 3 is 2.91 bits per heavy atom. The first-order valence-electron chi connectivity index (χ1n) is 4.06. The lowest BCUT2D eigenvalue weighted by molar-refractivity contribution is 0.223. The second kappa shape index (κ2) is 4.30. The summed E-state index contributed by atoms with van der Waals surface area (Å²) < 4.78 is 13.1. The Balaban J connectivity index is 2.40. The maximum atomic E-state index is 13.1. The molecule has 1 fully saturated rings. The van der Waals surface area contributed by atoms with Crippen molar-refractivity contribution in [3.8, 4) is 6.07 Å². The minimum absolute atomic E-state index is 0.0324. The molecule has 2 atom stereocenters. The molecular weight excluding hydrogens is 143 g/mol. The van der Waals surface area contributed by atoms with Gasteiger partial charge in [0.15, 0.2) is 0 Å². The van der Waals surface area contributed by atoms with Gasteiger partial charge in [0.1, 0.15) is 6.17 Å². The molecule has 0 aromatic heterocycles. The third kappa shape index (κ3) is 2.47. The van der Waals surface area contributed by atoms with Gasteiger partial charge in [-0.3, -0.25) is 0 Å². The zero-order valence-corrected chi connectivity index (χ0v) is 6.52. The van der Waals surface area contributed by atoms with Crippen LogP contribution < -0.4 is 5.32 Å². The Hall–Kier alpha value is -0.620. The minimum atomic E-state index is -0.773. The summed E-state index contributed by atoms with van der Waals surface area (Å²) in [7, 11) is 0. The van der Waals surface area contributed by atoms with E-state index in [1.165, 1.54) is 0 Å². The molecule has 0 aliphatic carbocycles. The molecule has 1 aliphatic heterocycles. The first-order chi connectivity index (χ1) is 5.34. The van der Waals surface area contributed by atoms with Crippen molar-refractivity contribution in [1.29, 1.82) is 5.26 Å². The highest BCUT2D eigenvalue weighted by Crippen LogP contribution is 2.20. The highest BCUT2D eigenvalue weighted by molar-refractivity contribution is 4.83. The van der Waals surface area contributed by atoms with E-state index >= 15 is 0 Å². The third-order valence-electron chi connectivity index (χ3n) is 2.15. The molecule has 2 nitrogen and oxygen atoms in total. The fourth-order valence-electron chi connectivity index (χ4n) is 1.42. The Kier molecular flexibility index (Phi) is 3.31. The predicted molar refractivity (Wildman–Crippen MR) is 40.7 cm³/mol. The van der Waals surface area contributed by atoms with E-state index in [2.05, 4.69) is 5.32 Å². The summed E-state index contributed by atoms with van der Waals surface area (Å²) in [5.74, 6) is -0.0324. The normalized spacial score (nSPS) is 32.4. The van der Waals surface area contributed by atoms with E-state index in [9.17, 15) is 4.39 Å². The van der Waals surface area contributed by atoms with E-state index in [1.807, 2.05) is 6.07 Å². The fourth-order valence-corrected chi connectivity index (χ4v) is 1.42. The zero-order valence-electron chi connectivity index (χ0n) is 6.52. The molecular formula is C8H13FN2. The average Bonchev–Trinajstić information content (AvgIpc) is 2.18. The van der Waals surface area contributed by atoms with Gasteiger partial charge in [0, 0.05) is 12.3 Å². The monoisotopic (exact) mass is 156 g/mol.